The molecule has 5 atom stereocenters. The Morgan fingerprint density at radius 1 is 0.833 bits per heavy atom. The number of fused-ring (bicyclic) bond motifs is 1. The maximum atomic E-state index is 13.9. The van der Waals surface area contributed by atoms with Crippen LogP contribution in [0, 0.1) is 23.5 Å². The van der Waals surface area contributed by atoms with Crippen molar-refractivity contribution < 1.29 is 32.7 Å². The van der Waals surface area contributed by atoms with Gasteiger partial charge in [-0.05, 0) is 92.2 Å². The first kappa shape index (κ1) is 38.3. The number of benzene rings is 2. The van der Waals surface area contributed by atoms with Crippen molar-refractivity contribution in [2.75, 3.05) is 30.7 Å². The topological polar surface area (TPSA) is 179 Å². The van der Waals surface area contributed by atoms with Crippen LogP contribution in [0.4, 0.5) is 20.3 Å². The molecule has 5 N–H and O–H groups in total. The number of rotatable bonds is 4. The highest BCUT2D eigenvalue weighted by molar-refractivity contribution is 6.40. The molecular formula is C39H46F2N8O5. The van der Waals surface area contributed by atoms with Crippen molar-refractivity contribution in [3.63, 3.8) is 0 Å². The van der Waals surface area contributed by atoms with Crippen LogP contribution in [-0.2, 0) is 23.9 Å². The summed E-state index contributed by atoms with van der Waals surface area (Å²) in [5.41, 5.74) is 13.3. The van der Waals surface area contributed by atoms with Crippen LogP contribution in [0.3, 0.4) is 0 Å². The van der Waals surface area contributed by atoms with Crippen molar-refractivity contribution in [1.82, 2.24) is 24.6 Å². The Hall–Kier alpha value is -5.44. The fourth-order valence-corrected chi connectivity index (χ4v) is 7.54. The van der Waals surface area contributed by atoms with Gasteiger partial charge in [0.25, 0.3) is 0 Å². The molecule has 286 valence electrons. The molecular weight excluding hydrogens is 698 g/mol. The van der Waals surface area contributed by atoms with Crippen LogP contribution in [0.25, 0.3) is 10.9 Å². The van der Waals surface area contributed by atoms with Crippen LogP contribution in [0.5, 0.6) is 0 Å². The maximum Gasteiger partial charge on any atom is 0.314 e. The first-order valence-corrected chi connectivity index (χ1v) is 18.4. The van der Waals surface area contributed by atoms with Crippen molar-refractivity contribution in [2.45, 2.75) is 77.1 Å². The highest BCUT2D eigenvalue weighted by Gasteiger charge is 2.35. The third-order valence-corrected chi connectivity index (χ3v) is 10.3. The van der Waals surface area contributed by atoms with Crippen molar-refractivity contribution in [2.24, 2.45) is 17.6 Å². The summed E-state index contributed by atoms with van der Waals surface area (Å²) in [5.74, 6) is -3.02. The SMILES string of the molecule is CC1CCC(c2cccc(F)c2)N(C(=O)C(=O)Nc2cnc(N)c3cn(C4CCCCO4)nc23)C1.CC1CCC(c2cccc(F)c2)N(C(=O)C(N)=O)C1. The molecule has 13 nitrogen and oxygen atoms in total. The average molecular weight is 745 g/mol. The number of hydrogen-bond donors (Lipinski definition) is 3. The number of pyridine rings is 1. The normalized spacial score (nSPS) is 22.9. The number of aromatic nitrogens is 3. The number of nitrogen functional groups attached to an aromatic ring is 1. The van der Waals surface area contributed by atoms with Gasteiger partial charge in [0.15, 0.2) is 0 Å². The van der Waals surface area contributed by atoms with Gasteiger partial charge in [-0.3, -0.25) is 19.2 Å². The molecule has 3 fully saturated rings. The van der Waals surface area contributed by atoms with Crippen molar-refractivity contribution in [3.8, 4) is 0 Å². The van der Waals surface area contributed by atoms with Crippen LogP contribution in [0.1, 0.15) is 88.2 Å². The second kappa shape index (κ2) is 16.7. The van der Waals surface area contributed by atoms with Gasteiger partial charge in [0.05, 0.1) is 29.4 Å². The van der Waals surface area contributed by atoms with Crippen LogP contribution >= 0.6 is 0 Å². The number of hydrogen-bond acceptors (Lipinski definition) is 8. The molecule has 54 heavy (non-hydrogen) atoms. The minimum Gasteiger partial charge on any atom is -0.383 e. The van der Waals surface area contributed by atoms with Gasteiger partial charge < -0.3 is 31.3 Å². The van der Waals surface area contributed by atoms with Crippen LogP contribution in [0.15, 0.2) is 60.9 Å². The second-order valence-corrected chi connectivity index (χ2v) is 14.5. The molecule has 3 aliphatic rings. The van der Waals surface area contributed by atoms with Gasteiger partial charge in [0.2, 0.25) is 0 Å². The number of amides is 4. The minimum absolute atomic E-state index is 0.206. The molecule has 0 saturated carbocycles. The Morgan fingerprint density at radius 3 is 1.96 bits per heavy atom. The predicted octanol–water partition coefficient (Wildman–Crippen LogP) is 5.40. The number of piperidine rings is 2. The molecule has 3 aliphatic heterocycles. The first-order chi connectivity index (χ1) is 25.9. The van der Waals surface area contributed by atoms with Gasteiger partial charge in [-0.2, -0.15) is 5.10 Å². The monoisotopic (exact) mass is 744 g/mol. The zero-order valence-corrected chi connectivity index (χ0v) is 30.4. The van der Waals surface area contributed by atoms with E-state index in [1.165, 1.54) is 40.3 Å². The van der Waals surface area contributed by atoms with Crippen molar-refractivity contribution in [1.29, 1.82) is 0 Å². The van der Waals surface area contributed by atoms with Gasteiger partial charge >= 0.3 is 23.6 Å². The van der Waals surface area contributed by atoms with Gasteiger partial charge in [0, 0.05) is 25.9 Å². The number of halogens is 2. The second-order valence-electron chi connectivity index (χ2n) is 14.5. The smallest absolute Gasteiger partial charge is 0.314 e. The third kappa shape index (κ3) is 8.67. The molecule has 2 aromatic carbocycles. The van der Waals surface area contributed by atoms with E-state index in [9.17, 15) is 28.0 Å². The van der Waals surface area contributed by atoms with Crippen LogP contribution < -0.4 is 16.8 Å². The highest BCUT2D eigenvalue weighted by atomic mass is 19.1. The zero-order chi connectivity index (χ0) is 38.5. The van der Waals surface area contributed by atoms with Crippen molar-refractivity contribution >= 4 is 46.0 Å². The Kier molecular flexibility index (Phi) is 11.8. The molecule has 0 spiro atoms. The minimum atomic E-state index is -0.962. The molecule has 5 unspecified atom stereocenters. The number of anilines is 2. The summed E-state index contributed by atoms with van der Waals surface area (Å²) < 4.78 is 34.7. The number of carbonyl (C=O) groups excluding carboxylic acids is 4. The number of primary amides is 1. The lowest BCUT2D eigenvalue weighted by Crippen LogP contribution is -2.46. The molecule has 15 heteroatoms. The molecule has 2 aromatic heterocycles. The lowest BCUT2D eigenvalue weighted by molar-refractivity contribution is -0.147. The third-order valence-electron chi connectivity index (χ3n) is 10.3. The quantitative estimate of drug-likeness (QED) is 0.233. The number of nitrogens with one attached hydrogen (secondary N) is 1. The van der Waals surface area contributed by atoms with Gasteiger partial charge in [-0.1, -0.05) is 38.1 Å². The molecule has 7 rings (SSSR count). The lowest BCUT2D eigenvalue weighted by Gasteiger charge is -2.38. The summed E-state index contributed by atoms with van der Waals surface area (Å²) in [6.07, 6.45) is 9.02. The Balaban J connectivity index is 0.000000221. The first-order valence-electron chi connectivity index (χ1n) is 18.4. The van der Waals surface area contributed by atoms with Gasteiger partial charge in [0.1, 0.15) is 29.2 Å². The van der Waals surface area contributed by atoms with E-state index in [0.717, 1.165) is 32.1 Å². The Bertz CT molecular complexity index is 2020. The number of ether oxygens (including phenoxy) is 1. The van der Waals surface area contributed by atoms with E-state index in [0.29, 0.717) is 66.2 Å². The Labute approximate surface area is 312 Å². The summed E-state index contributed by atoms with van der Waals surface area (Å²) in [4.78, 5) is 56.6. The van der Waals surface area contributed by atoms with E-state index in [-0.39, 0.29) is 41.7 Å². The number of carbonyl (C=O) groups is 4. The zero-order valence-electron chi connectivity index (χ0n) is 30.4. The fourth-order valence-electron chi connectivity index (χ4n) is 7.54. The van der Waals surface area contributed by atoms with E-state index in [1.807, 2.05) is 13.8 Å². The van der Waals surface area contributed by atoms with E-state index < -0.39 is 23.6 Å². The molecule has 4 amide bonds. The maximum absolute atomic E-state index is 13.9. The summed E-state index contributed by atoms with van der Waals surface area (Å²) in [6, 6.07) is 11.7. The summed E-state index contributed by atoms with van der Waals surface area (Å²) in [6.45, 7) is 5.60. The van der Waals surface area contributed by atoms with Gasteiger partial charge in [-0.15, -0.1) is 0 Å². The van der Waals surface area contributed by atoms with E-state index in [1.54, 1.807) is 35.1 Å². The van der Waals surface area contributed by atoms with Crippen LogP contribution in [0.2, 0.25) is 0 Å². The standard InChI is InChI=1S/C25H29FN6O3.C14H17FN2O2/c1-15-8-9-20(16-5-4-6-17(26)11-16)31(13-15)25(34)24(33)29-19-12-28-23(27)18-14-32(30-22(18)19)21-7-2-3-10-35-21;1-9-5-6-12(10-3-2-4-11(15)7-10)17(8-9)14(19)13(16)18/h4-6,11-12,14-15,20-21H,2-3,7-10,13H2,1H3,(H2,27,28)(H,29,33);2-4,7,9,12H,5-6,8H2,1H3,(H2,16,18). The average Bonchev–Trinajstić information content (AvgIpc) is 3.63. The number of nitrogens with zero attached hydrogens (tertiary/aromatic N) is 5. The van der Waals surface area contributed by atoms with E-state index in [2.05, 4.69) is 15.4 Å². The van der Waals surface area contributed by atoms with Crippen LogP contribution in [-0.4, -0.2) is 67.9 Å². The molecule has 4 aromatic rings. The largest absolute Gasteiger partial charge is 0.383 e. The summed E-state index contributed by atoms with van der Waals surface area (Å²) >= 11 is 0. The van der Waals surface area contributed by atoms with Gasteiger partial charge in [-0.25, -0.2) is 18.4 Å². The summed E-state index contributed by atoms with van der Waals surface area (Å²) in [7, 11) is 0. The Morgan fingerprint density at radius 2 is 1.43 bits per heavy atom. The molecule has 0 aliphatic carbocycles. The molecule has 5 heterocycles. The highest BCUT2D eigenvalue weighted by Crippen LogP contribution is 2.35. The van der Waals surface area contributed by atoms with E-state index in [4.69, 9.17) is 16.2 Å². The summed E-state index contributed by atoms with van der Waals surface area (Å²) in [5, 5.41) is 7.86. The fraction of sp³-hybridized carbons (Fsp3) is 0.436. The van der Waals surface area contributed by atoms with Crippen molar-refractivity contribution in [3.05, 3.63) is 83.7 Å². The predicted molar refractivity (Wildman–Crippen MR) is 197 cm³/mol. The lowest BCUT2D eigenvalue weighted by atomic mass is 9.89. The van der Waals surface area contributed by atoms with E-state index >= 15 is 0 Å². The molecule has 0 radical (unpaired) electrons. The number of likely N-dealkylation sites (tertiary alicyclic amines) is 2. The molecule has 3 saturated heterocycles. The molecule has 0 bridgehead atoms. The number of nitrogens with two attached hydrogens (primary N) is 2.